The molecule has 2 aromatic rings. The summed E-state index contributed by atoms with van der Waals surface area (Å²) in [7, 11) is 0. The van der Waals surface area contributed by atoms with Crippen molar-refractivity contribution in [2.24, 2.45) is 0 Å². The Morgan fingerprint density at radius 2 is 1.87 bits per heavy atom. The van der Waals surface area contributed by atoms with Crippen LogP contribution < -0.4 is 9.47 Å². The Morgan fingerprint density at radius 1 is 1.00 bits per heavy atom. The summed E-state index contributed by atoms with van der Waals surface area (Å²) in [4.78, 5) is 4.13. The third-order valence-corrected chi connectivity index (χ3v) is 2.30. The monoisotopic (exact) mass is 199 g/mol. The second-order valence-electron chi connectivity index (χ2n) is 3.31. The Morgan fingerprint density at radius 3 is 2.87 bits per heavy atom. The van der Waals surface area contributed by atoms with Crippen molar-refractivity contribution < 1.29 is 9.47 Å². The van der Waals surface area contributed by atoms with Gasteiger partial charge in [-0.25, -0.2) is 4.98 Å². The number of aromatic nitrogens is 1. The first-order chi connectivity index (χ1) is 7.43. The lowest BCUT2D eigenvalue weighted by molar-refractivity contribution is 0.305. The fourth-order valence-corrected chi connectivity index (χ4v) is 1.54. The minimum absolute atomic E-state index is 0.523. The minimum Gasteiger partial charge on any atom is -0.483 e. The van der Waals surface area contributed by atoms with Crippen LogP contribution in [0.15, 0.2) is 42.6 Å². The second kappa shape index (κ2) is 3.28. The second-order valence-corrected chi connectivity index (χ2v) is 3.31. The quantitative estimate of drug-likeness (QED) is 0.653. The number of ether oxygens (including phenoxy) is 2. The van der Waals surface area contributed by atoms with E-state index in [-0.39, 0.29) is 0 Å². The van der Waals surface area contributed by atoms with E-state index in [0.717, 1.165) is 11.3 Å². The molecule has 3 rings (SSSR count). The van der Waals surface area contributed by atoms with Crippen molar-refractivity contribution in [2.45, 2.75) is 6.61 Å². The van der Waals surface area contributed by atoms with Crippen LogP contribution in [0.3, 0.4) is 0 Å². The molecule has 74 valence electrons. The number of hydrogen-bond donors (Lipinski definition) is 0. The maximum Gasteiger partial charge on any atom is 0.262 e. The molecule has 1 aromatic heterocycles. The van der Waals surface area contributed by atoms with Crippen molar-refractivity contribution in [1.82, 2.24) is 4.98 Å². The standard InChI is InChI=1S/C12H9NO2/c1-2-5-10-9(4-1)8-14-11-6-3-7-13-12(11)15-10/h1-7H,8H2. The average Bonchev–Trinajstić information content (AvgIpc) is 2.48. The van der Waals surface area contributed by atoms with E-state index in [1.54, 1.807) is 6.20 Å². The molecule has 0 spiro atoms. The molecule has 0 bridgehead atoms. The highest BCUT2D eigenvalue weighted by Crippen LogP contribution is 2.34. The van der Waals surface area contributed by atoms with Gasteiger partial charge in [-0.3, -0.25) is 0 Å². The maximum atomic E-state index is 5.67. The van der Waals surface area contributed by atoms with Crippen molar-refractivity contribution >= 4 is 0 Å². The van der Waals surface area contributed by atoms with Gasteiger partial charge >= 0.3 is 0 Å². The molecule has 15 heavy (non-hydrogen) atoms. The maximum absolute atomic E-state index is 5.67. The van der Waals surface area contributed by atoms with E-state index in [4.69, 9.17) is 9.47 Å². The van der Waals surface area contributed by atoms with Crippen molar-refractivity contribution in [3.8, 4) is 17.4 Å². The van der Waals surface area contributed by atoms with Gasteiger partial charge in [0.1, 0.15) is 12.4 Å². The summed E-state index contributed by atoms with van der Waals surface area (Å²) in [5.41, 5.74) is 1.04. The number of rotatable bonds is 0. The molecule has 0 amide bonds. The number of benzene rings is 1. The van der Waals surface area contributed by atoms with Crippen molar-refractivity contribution in [1.29, 1.82) is 0 Å². The first kappa shape index (κ1) is 8.29. The summed E-state index contributed by atoms with van der Waals surface area (Å²) in [6, 6.07) is 11.5. The van der Waals surface area contributed by atoms with Crippen LogP contribution in [0, 0.1) is 0 Å². The molecule has 0 N–H and O–H groups in total. The zero-order valence-corrected chi connectivity index (χ0v) is 8.01. The van der Waals surface area contributed by atoms with Gasteiger partial charge < -0.3 is 9.47 Å². The Balaban J connectivity index is 2.10. The van der Waals surface area contributed by atoms with E-state index >= 15 is 0 Å². The van der Waals surface area contributed by atoms with Crippen LogP contribution in [0.1, 0.15) is 5.56 Å². The fraction of sp³-hybridized carbons (Fsp3) is 0.0833. The van der Waals surface area contributed by atoms with E-state index in [0.29, 0.717) is 18.2 Å². The predicted molar refractivity (Wildman–Crippen MR) is 55.1 cm³/mol. The average molecular weight is 199 g/mol. The van der Waals surface area contributed by atoms with E-state index in [2.05, 4.69) is 4.98 Å². The molecule has 3 nitrogen and oxygen atoms in total. The van der Waals surface area contributed by atoms with Gasteiger partial charge in [0.25, 0.3) is 5.88 Å². The topological polar surface area (TPSA) is 31.4 Å². The number of para-hydroxylation sites is 1. The van der Waals surface area contributed by atoms with E-state index in [1.807, 2.05) is 36.4 Å². The molecule has 0 atom stereocenters. The van der Waals surface area contributed by atoms with Gasteiger partial charge in [0.05, 0.1) is 0 Å². The lowest BCUT2D eigenvalue weighted by Gasteiger charge is -2.04. The number of pyridine rings is 1. The van der Waals surface area contributed by atoms with Gasteiger partial charge in [-0.2, -0.15) is 0 Å². The highest BCUT2D eigenvalue weighted by molar-refractivity contribution is 5.42. The van der Waals surface area contributed by atoms with E-state index in [9.17, 15) is 0 Å². The van der Waals surface area contributed by atoms with Crippen LogP contribution in [0.2, 0.25) is 0 Å². The largest absolute Gasteiger partial charge is 0.483 e. The van der Waals surface area contributed by atoms with Crippen molar-refractivity contribution in [3.63, 3.8) is 0 Å². The van der Waals surface area contributed by atoms with Crippen LogP contribution in [0.25, 0.3) is 0 Å². The zero-order chi connectivity index (χ0) is 10.1. The van der Waals surface area contributed by atoms with Crippen molar-refractivity contribution in [3.05, 3.63) is 48.2 Å². The van der Waals surface area contributed by atoms with Gasteiger partial charge in [0, 0.05) is 11.8 Å². The molecule has 0 saturated carbocycles. The molecule has 0 unspecified atom stereocenters. The van der Waals surface area contributed by atoms with Crippen LogP contribution in [-0.4, -0.2) is 4.98 Å². The SMILES string of the molecule is c1ccc2c(c1)COc1cccnc1O2. The molecule has 1 aromatic carbocycles. The van der Waals surface area contributed by atoms with Crippen LogP contribution in [0.4, 0.5) is 0 Å². The molecule has 0 saturated heterocycles. The van der Waals surface area contributed by atoms with Crippen LogP contribution in [0.5, 0.6) is 17.4 Å². The normalized spacial score (nSPS) is 12.8. The van der Waals surface area contributed by atoms with Gasteiger partial charge in [-0.1, -0.05) is 18.2 Å². The first-order valence-electron chi connectivity index (χ1n) is 4.77. The molecule has 3 heteroatoms. The predicted octanol–water partition coefficient (Wildman–Crippen LogP) is 2.77. The van der Waals surface area contributed by atoms with Gasteiger partial charge in [0.2, 0.25) is 0 Å². The smallest absolute Gasteiger partial charge is 0.262 e. The van der Waals surface area contributed by atoms with Gasteiger partial charge in [0.15, 0.2) is 5.75 Å². The molecule has 0 aliphatic carbocycles. The van der Waals surface area contributed by atoms with E-state index < -0.39 is 0 Å². The molecule has 0 fully saturated rings. The number of nitrogens with zero attached hydrogens (tertiary/aromatic N) is 1. The number of fused-ring (bicyclic) bond motifs is 2. The molecule has 0 radical (unpaired) electrons. The lowest BCUT2D eigenvalue weighted by atomic mass is 10.2. The summed E-state index contributed by atoms with van der Waals surface area (Å²) in [5.74, 6) is 2.03. The van der Waals surface area contributed by atoms with Gasteiger partial charge in [-0.15, -0.1) is 0 Å². The molecular formula is C12H9NO2. The molecule has 2 heterocycles. The van der Waals surface area contributed by atoms with E-state index in [1.165, 1.54) is 0 Å². The summed E-state index contributed by atoms with van der Waals surface area (Å²) in [6.45, 7) is 0.523. The third-order valence-electron chi connectivity index (χ3n) is 2.30. The summed E-state index contributed by atoms with van der Waals surface area (Å²) < 4.78 is 11.3. The Kier molecular flexibility index (Phi) is 1.81. The molecule has 1 aliphatic rings. The van der Waals surface area contributed by atoms with Crippen LogP contribution >= 0.6 is 0 Å². The Bertz CT molecular complexity index is 451. The first-order valence-corrected chi connectivity index (χ1v) is 4.77. The van der Waals surface area contributed by atoms with Crippen LogP contribution in [-0.2, 0) is 6.61 Å². The lowest BCUT2D eigenvalue weighted by Crippen LogP contribution is -1.92. The number of hydrogen-bond acceptors (Lipinski definition) is 3. The Labute approximate surface area is 87.3 Å². The minimum atomic E-state index is 0.523. The third kappa shape index (κ3) is 1.42. The zero-order valence-electron chi connectivity index (χ0n) is 8.01. The molecule has 1 aliphatic heterocycles. The Hall–Kier alpha value is -2.03. The highest BCUT2D eigenvalue weighted by atomic mass is 16.5. The summed E-state index contributed by atoms with van der Waals surface area (Å²) >= 11 is 0. The summed E-state index contributed by atoms with van der Waals surface area (Å²) in [6.07, 6.45) is 1.69. The van der Waals surface area contributed by atoms with Crippen molar-refractivity contribution in [2.75, 3.05) is 0 Å². The summed E-state index contributed by atoms with van der Waals surface area (Å²) in [5, 5.41) is 0. The fourth-order valence-electron chi connectivity index (χ4n) is 1.54. The van der Waals surface area contributed by atoms with Gasteiger partial charge in [-0.05, 0) is 18.2 Å². The highest BCUT2D eigenvalue weighted by Gasteiger charge is 2.15. The molecular weight excluding hydrogens is 190 g/mol.